The number of likely N-dealkylation sites (tertiary alicyclic amines) is 1. The van der Waals surface area contributed by atoms with Crippen LogP contribution in [0.5, 0.6) is 0 Å². The molecule has 0 aliphatic carbocycles. The number of amides is 2. The number of rotatable bonds is 4. The van der Waals surface area contributed by atoms with Crippen LogP contribution in [0.4, 0.5) is 0 Å². The number of hydrogen-bond donors (Lipinski definition) is 1. The average Bonchev–Trinajstić information content (AvgIpc) is 2.82. The van der Waals surface area contributed by atoms with Crippen molar-refractivity contribution in [2.75, 3.05) is 26.3 Å². The van der Waals surface area contributed by atoms with E-state index in [1.807, 2.05) is 25.7 Å². The van der Waals surface area contributed by atoms with Gasteiger partial charge in [-0.1, -0.05) is 0 Å². The highest BCUT2D eigenvalue weighted by atomic mass is 16.5. The molecule has 1 unspecified atom stereocenters. The first kappa shape index (κ1) is 16.3. The Hall–Kier alpha value is -1.10. The van der Waals surface area contributed by atoms with E-state index in [0.29, 0.717) is 25.4 Å². The molecule has 0 aromatic rings. The molecule has 2 aliphatic rings. The van der Waals surface area contributed by atoms with E-state index in [2.05, 4.69) is 5.32 Å². The summed E-state index contributed by atoms with van der Waals surface area (Å²) in [6.07, 6.45) is 3.55. The Morgan fingerprint density at radius 2 is 2.00 bits per heavy atom. The van der Waals surface area contributed by atoms with Crippen molar-refractivity contribution in [1.29, 1.82) is 0 Å². The van der Waals surface area contributed by atoms with Gasteiger partial charge in [0.1, 0.15) is 0 Å². The summed E-state index contributed by atoms with van der Waals surface area (Å²) in [5.41, 5.74) is -0.200. The van der Waals surface area contributed by atoms with Gasteiger partial charge in [0.2, 0.25) is 11.8 Å². The number of carbonyl (C=O) groups excluding carboxylic acids is 2. The monoisotopic (exact) mass is 296 g/mol. The van der Waals surface area contributed by atoms with Crippen molar-refractivity contribution in [3.63, 3.8) is 0 Å². The van der Waals surface area contributed by atoms with Gasteiger partial charge in [-0.2, -0.15) is 0 Å². The zero-order valence-electron chi connectivity index (χ0n) is 13.5. The molecule has 0 radical (unpaired) electrons. The van der Waals surface area contributed by atoms with Gasteiger partial charge in [-0.3, -0.25) is 9.59 Å². The fourth-order valence-electron chi connectivity index (χ4n) is 3.11. The van der Waals surface area contributed by atoms with Crippen molar-refractivity contribution in [3.8, 4) is 0 Å². The molecule has 2 heterocycles. The third-order valence-electron chi connectivity index (χ3n) is 4.50. The standard InChI is InChI=1S/C16H28N2O3/c1-16(2,3)18-11-13(10-14(18)19)15(20)17-7-4-12-5-8-21-9-6-12/h12-13H,4-11H2,1-3H3,(H,17,20). The molecule has 2 amide bonds. The number of carbonyl (C=O) groups is 2. The summed E-state index contributed by atoms with van der Waals surface area (Å²) in [5, 5.41) is 3.01. The fourth-order valence-corrected chi connectivity index (χ4v) is 3.11. The molecular formula is C16H28N2O3. The van der Waals surface area contributed by atoms with Gasteiger partial charge in [-0.15, -0.1) is 0 Å². The molecule has 2 rings (SSSR count). The van der Waals surface area contributed by atoms with Gasteiger partial charge in [0.25, 0.3) is 0 Å². The highest BCUT2D eigenvalue weighted by molar-refractivity contribution is 5.89. The van der Waals surface area contributed by atoms with Gasteiger partial charge >= 0.3 is 0 Å². The maximum absolute atomic E-state index is 12.2. The van der Waals surface area contributed by atoms with E-state index in [1.54, 1.807) is 0 Å². The molecule has 5 nitrogen and oxygen atoms in total. The molecule has 2 saturated heterocycles. The molecule has 2 fully saturated rings. The van der Waals surface area contributed by atoms with E-state index < -0.39 is 0 Å². The molecule has 1 atom stereocenters. The molecular weight excluding hydrogens is 268 g/mol. The minimum atomic E-state index is -0.200. The van der Waals surface area contributed by atoms with Gasteiger partial charge in [0, 0.05) is 38.3 Å². The molecule has 1 N–H and O–H groups in total. The number of ether oxygens (including phenoxy) is 1. The summed E-state index contributed by atoms with van der Waals surface area (Å²) >= 11 is 0. The van der Waals surface area contributed by atoms with Gasteiger partial charge in [-0.05, 0) is 46.0 Å². The van der Waals surface area contributed by atoms with E-state index in [9.17, 15) is 9.59 Å². The van der Waals surface area contributed by atoms with Gasteiger partial charge in [0.05, 0.1) is 5.92 Å². The largest absolute Gasteiger partial charge is 0.381 e. The van der Waals surface area contributed by atoms with Crippen LogP contribution in [0.15, 0.2) is 0 Å². The van der Waals surface area contributed by atoms with Crippen LogP contribution in [-0.2, 0) is 14.3 Å². The minimum absolute atomic E-state index is 0.0298. The van der Waals surface area contributed by atoms with Crippen molar-refractivity contribution in [1.82, 2.24) is 10.2 Å². The van der Waals surface area contributed by atoms with E-state index >= 15 is 0 Å². The molecule has 2 aliphatic heterocycles. The van der Waals surface area contributed by atoms with E-state index in [-0.39, 0.29) is 23.3 Å². The summed E-state index contributed by atoms with van der Waals surface area (Å²) in [6.45, 7) is 8.98. The molecule has 0 aromatic heterocycles. The van der Waals surface area contributed by atoms with Gasteiger partial charge in [0.15, 0.2) is 0 Å². The molecule has 0 bridgehead atoms. The van der Waals surface area contributed by atoms with Crippen molar-refractivity contribution < 1.29 is 14.3 Å². The first-order valence-electron chi connectivity index (χ1n) is 8.04. The lowest BCUT2D eigenvalue weighted by molar-refractivity contribution is -0.132. The predicted molar refractivity (Wildman–Crippen MR) is 80.7 cm³/mol. The number of hydrogen-bond acceptors (Lipinski definition) is 3. The lowest BCUT2D eigenvalue weighted by Crippen LogP contribution is -2.43. The third-order valence-corrected chi connectivity index (χ3v) is 4.50. The quantitative estimate of drug-likeness (QED) is 0.856. The Morgan fingerprint density at radius 1 is 1.33 bits per heavy atom. The van der Waals surface area contributed by atoms with Crippen LogP contribution < -0.4 is 5.32 Å². The first-order chi connectivity index (χ1) is 9.88. The number of nitrogens with zero attached hydrogens (tertiary/aromatic N) is 1. The maximum atomic E-state index is 12.2. The zero-order valence-corrected chi connectivity index (χ0v) is 13.5. The summed E-state index contributed by atoms with van der Waals surface area (Å²) in [5.74, 6) is 0.594. The lowest BCUT2D eigenvalue weighted by atomic mass is 9.96. The fraction of sp³-hybridized carbons (Fsp3) is 0.875. The lowest BCUT2D eigenvalue weighted by Gasteiger charge is -2.32. The van der Waals surface area contributed by atoms with Gasteiger partial charge in [-0.25, -0.2) is 0 Å². The maximum Gasteiger partial charge on any atom is 0.225 e. The normalized spacial score (nSPS) is 24.4. The topological polar surface area (TPSA) is 58.6 Å². The van der Waals surface area contributed by atoms with Crippen molar-refractivity contribution in [2.45, 2.75) is 52.0 Å². The highest BCUT2D eigenvalue weighted by Gasteiger charge is 2.39. The summed E-state index contributed by atoms with van der Waals surface area (Å²) in [6, 6.07) is 0. The summed E-state index contributed by atoms with van der Waals surface area (Å²) in [4.78, 5) is 26.0. The molecule has 120 valence electrons. The predicted octanol–water partition coefficient (Wildman–Crippen LogP) is 1.57. The Kier molecular flexibility index (Phi) is 5.25. The Balaban J connectivity index is 1.73. The van der Waals surface area contributed by atoms with Crippen LogP contribution in [0.1, 0.15) is 46.5 Å². The van der Waals surface area contributed by atoms with Crippen LogP contribution in [0, 0.1) is 11.8 Å². The van der Waals surface area contributed by atoms with Crippen molar-refractivity contribution in [3.05, 3.63) is 0 Å². The second kappa shape index (κ2) is 6.77. The Bertz CT molecular complexity index is 383. The molecule has 21 heavy (non-hydrogen) atoms. The average molecular weight is 296 g/mol. The van der Waals surface area contributed by atoms with E-state index in [4.69, 9.17) is 4.74 Å². The summed E-state index contributed by atoms with van der Waals surface area (Å²) < 4.78 is 5.33. The minimum Gasteiger partial charge on any atom is -0.381 e. The van der Waals surface area contributed by atoms with E-state index in [0.717, 1.165) is 32.5 Å². The molecule has 0 aromatic carbocycles. The second-order valence-corrected chi connectivity index (χ2v) is 7.21. The SMILES string of the molecule is CC(C)(C)N1CC(C(=O)NCCC2CCOCC2)CC1=O. The van der Waals surface area contributed by atoms with Crippen LogP contribution in [0.2, 0.25) is 0 Å². The summed E-state index contributed by atoms with van der Waals surface area (Å²) in [7, 11) is 0. The van der Waals surface area contributed by atoms with Crippen LogP contribution in [0.25, 0.3) is 0 Å². The highest BCUT2D eigenvalue weighted by Crippen LogP contribution is 2.26. The zero-order chi connectivity index (χ0) is 15.5. The molecule has 5 heteroatoms. The van der Waals surface area contributed by atoms with Crippen LogP contribution >= 0.6 is 0 Å². The smallest absolute Gasteiger partial charge is 0.225 e. The van der Waals surface area contributed by atoms with E-state index in [1.165, 1.54) is 0 Å². The van der Waals surface area contributed by atoms with Crippen molar-refractivity contribution in [2.24, 2.45) is 11.8 Å². The van der Waals surface area contributed by atoms with Crippen LogP contribution in [-0.4, -0.2) is 48.6 Å². The Labute approximate surface area is 127 Å². The third kappa shape index (κ3) is 4.43. The van der Waals surface area contributed by atoms with Crippen LogP contribution in [0.3, 0.4) is 0 Å². The molecule has 0 spiro atoms. The van der Waals surface area contributed by atoms with Gasteiger partial charge < -0.3 is 15.0 Å². The molecule has 0 saturated carbocycles. The first-order valence-corrected chi connectivity index (χ1v) is 8.04. The second-order valence-electron chi connectivity index (χ2n) is 7.21. The van der Waals surface area contributed by atoms with Crippen molar-refractivity contribution >= 4 is 11.8 Å². The Morgan fingerprint density at radius 3 is 2.57 bits per heavy atom. The number of nitrogens with one attached hydrogen (secondary N) is 1.